The Kier molecular flexibility index (Phi) is 8.01. The lowest BCUT2D eigenvalue weighted by Crippen LogP contribution is -2.17. The fourth-order valence-corrected chi connectivity index (χ4v) is 1.61. The molecule has 0 aliphatic rings. The fraction of sp³-hybridized carbons (Fsp3) is 0.538. The van der Waals surface area contributed by atoms with E-state index in [-0.39, 0.29) is 0 Å². The van der Waals surface area contributed by atoms with Crippen LogP contribution in [0.3, 0.4) is 0 Å². The summed E-state index contributed by atoms with van der Waals surface area (Å²) in [5.41, 5.74) is 1.13. The summed E-state index contributed by atoms with van der Waals surface area (Å²) in [6.45, 7) is 3.82. The van der Waals surface area contributed by atoms with Crippen LogP contribution in [-0.4, -0.2) is 33.5 Å². The third-order valence-electron chi connectivity index (χ3n) is 2.35. The van der Waals surface area contributed by atoms with E-state index in [1.165, 1.54) is 0 Å². The lowest BCUT2D eigenvalue weighted by Gasteiger charge is -2.07. The summed E-state index contributed by atoms with van der Waals surface area (Å²) < 4.78 is 10.2. The van der Waals surface area contributed by atoms with Crippen LogP contribution in [0.4, 0.5) is 0 Å². The summed E-state index contributed by atoms with van der Waals surface area (Å²) in [5, 5.41) is 4.15. The zero-order valence-electron chi connectivity index (χ0n) is 10.2. The van der Waals surface area contributed by atoms with Gasteiger partial charge in [0, 0.05) is 25.3 Å². The van der Waals surface area contributed by atoms with E-state index < -0.39 is 0 Å². The molecular formula is C13H20ClNO2. The highest BCUT2D eigenvalue weighted by molar-refractivity contribution is 6.31. The van der Waals surface area contributed by atoms with Crippen molar-refractivity contribution in [3.63, 3.8) is 0 Å². The highest BCUT2D eigenvalue weighted by Gasteiger charge is 1.97. The molecule has 0 unspecified atom stereocenters. The normalized spacial score (nSPS) is 10.7. The average Bonchev–Trinajstić information content (AvgIpc) is 2.35. The predicted octanol–water partition coefficient (Wildman–Crippen LogP) is 2.48. The van der Waals surface area contributed by atoms with Crippen molar-refractivity contribution in [1.29, 1.82) is 0 Å². The summed E-state index contributed by atoms with van der Waals surface area (Å²) in [4.78, 5) is 0. The number of halogens is 1. The molecule has 1 aromatic rings. The molecule has 1 aromatic carbocycles. The van der Waals surface area contributed by atoms with Gasteiger partial charge in [-0.1, -0.05) is 29.8 Å². The molecule has 4 heteroatoms. The molecular weight excluding hydrogens is 238 g/mol. The van der Waals surface area contributed by atoms with Gasteiger partial charge in [0.15, 0.2) is 0 Å². The maximum absolute atomic E-state index is 6.04. The Balaban J connectivity index is 1.99. The second-order valence-corrected chi connectivity index (χ2v) is 4.13. The van der Waals surface area contributed by atoms with Crippen molar-refractivity contribution in [2.45, 2.75) is 13.0 Å². The van der Waals surface area contributed by atoms with E-state index in [1.807, 2.05) is 24.3 Å². The molecule has 0 heterocycles. The van der Waals surface area contributed by atoms with Gasteiger partial charge in [0.1, 0.15) is 0 Å². The molecule has 1 N–H and O–H groups in total. The molecule has 0 spiro atoms. The van der Waals surface area contributed by atoms with E-state index in [0.717, 1.165) is 36.7 Å². The predicted molar refractivity (Wildman–Crippen MR) is 70.5 cm³/mol. The largest absolute Gasteiger partial charge is 0.382 e. The number of nitrogens with one attached hydrogen (secondary N) is 1. The highest BCUT2D eigenvalue weighted by atomic mass is 35.5. The molecule has 0 amide bonds. The highest BCUT2D eigenvalue weighted by Crippen LogP contribution is 2.13. The quantitative estimate of drug-likeness (QED) is 0.690. The molecule has 0 aliphatic heterocycles. The van der Waals surface area contributed by atoms with Gasteiger partial charge in [-0.3, -0.25) is 0 Å². The van der Waals surface area contributed by atoms with Crippen molar-refractivity contribution in [2.75, 3.05) is 33.5 Å². The van der Waals surface area contributed by atoms with E-state index in [1.54, 1.807) is 7.11 Å². The number of rotatable bonds is 9. The van der Waals surface area contributed by atoms with Crippen LogP contribution in [0, 0.1) is 0 Å². The van der Waals surface area contributed by atoms with E-state index >= 15 is 0 Å². The van der Waals surface area contributed by atoms with Crippen LogP contribution in [-0.2, 0) is 16.0 Å². The van der Waals surface area contributed by atoms with Crippen molar-refractivity contribution in [3.05, 3.63) is 34.9 Å². The Morgan fingerprint density at radius 2 is 2.00 bits per heavy atom. The molecule has 0 saturated carbocycles. The van der Waals surface area contributed by atoms with Crippen LogP contribution in [0.2, 0.25) is 5.02 Å². The summed E-state index contributed by atoms with van der Waals surface area (Å²) in [5.74, 6) is 0. The summed E-state index contributed by atoms with van der Waals surface area (Å²) in [6.07, 6.45) is 0.994. The topological polar surface area (TPSA) is 30.5 Å². The monoisotopic (exact) mass is 257 g/mol. The molecule has 0 bridgehead atoms. The number of benzene rings is 1. The first kappa shape index (κ1) is 14.5. The van der Waals surface area contributed by atoms with Gasteiger partial charge in [-0.05, 0) is 24.6 Å². The number of methoxy groups -OCH3 is 1. The SMILES string of the molecule is COCCOCCCNCc1ccccc1Cl. The van der Waals surface area contributed by atoms with Gasteiger partial charge in [-0.2, -0.15) is 0 Å². The molecule has 0 saturated heterocycles. The van der Waals surface area contributed by atoms with Gasteiger partial charge in [0.2, 0.25) is 0 Å². The Morgan fingerprint density at radius 1 is 1.18 bits per heavy atom. The Morgan fingerprint density at radius 3 is 2.76 bits per heavy atom. The Hall–Kier alpha value is -0.610. The lowest BCUT2D eigenvalue weighted by molar-refractivity contribution is 0.0695. The number of ether oxygens (including phenoxy) is 2. The third kappa shape index (κ3) is 6.64. The molecule has 96 valence electrons. The second kappa shape index (κ2) is 9.42. The van der Waals surface area contributed by atoms with Crippen molar-refractivity contribution >= 4 is 11.6 Å². The van der Waals surface area contributed by atoms with Crippen LogP contribution < -0.4 is 5.32 Å². The van der Waals surface area contributed by atoms with Crippen molar-refractivity contribution in [1.82, 2.24) is 5.32 Å². The van der Waals surface area contributed by atoms with Crippen molar-refractivity contribution in [3.8, 4) is 0 Å². The molecule has 0 fully saturated rings. The molecule has 3 nitrogen and oxygen atoms in total. The third-order valence-corrected chi connectivity index (χ3v) is 2.72. The maximum Gasteiger partial charge on any atom is 0.0700 e. The zero-order valence-corrected chi connectivity index (χ0v) is 11.0. The lowest BCUT2D eigenvalue weighted by atomic mass is 10.2. The Labute approximate surface area is 108 Å². The summed E-state index contributed by atoms with van der Waals surface area (Å²) in [6, 6.07) is 7.88. The van der Waals surface area contributed by atoms with Crippen LogP contribution in [0.1, 0.15) is 12.0 Å². The van der Waals surface area contributed by atoms with Gasteiger partial charge in [-0.25, -0.2) is 0 Å². The first-order chi connectivity index (χ1) is 8.34. The van der Waals surface area contributed by atoms with Crippen LogP contribution >= 0.6 is 11.6 Å². The minimum atomic E-state index is 0.660. The molecule has 0 aromatic heterocycles. The van der Waals surface area contributed by atoms with Crippen LogP contribution in [0.25, 0.3) is 0 Å². The van der Waals surface area contributed by atoms with Gasteiger partial charge < -0.3 is 14.8 Å². The summed E-state index contributed by atoms with van der Waals surface area (Å²) >= 11 is 6.04. The second-order valence-electron chi connectivity index (χ2n) is 3.73. The molecule has 17 heavy (non-hydrogen) atoms. The fourth-order valence-electron chi connectivity index (χ4n) is 1.41. The van der Waals surface area contributed by atoms with E-state index in [0.29, 0.717) is 13.2 Å². The standard InChI is InChI=1S/C13H20ClNO2/c1-16-9-10-17-8-4-7-15-11-12-5-2-3-6-13(12)14/h2-3,5-6,15H,4,7-11H2,1H3. The first-order valence-corrected chi connectivity index (χ1v) is 6.23. The summed E-state index contributed by atoms with van der Waals surface area (Å²) in [7, 11) is 1.68. The van der Waals surface area contributed by atoms with Crippen LogP contribution in [0.5, 0.6) is 0 Å². The van der Waals surface area contributed by atoms with Gasteiger partial charge in [0.05, 0.1) is 13.2 Å². The van der Waals surface area contributed by atoms with Gasteiger partial charge in [-0.15, -0.1) is 0 Å². The Bertz CT molecular complexity index is 307. The molecule has 0 atom stereocenters. The van der Waals surface area contributed by atoms with E-state index in [4.69, 9.17) is 21.1 Å². The minimum absolute atomic E-state index is 0.660. The average molecular weight is 258 g/mol. The molecule has 0 radical (unpaired) electrons. The number of hydrogen-bond acceptors (Lipinski definition) is 3. The van der Waals surface area contributed by atoms with Crippen molar-refractivity contribution in [2.24, 2.45) is 0 Å². The first-order valence-electron chi connectivity index (χ1n) is 5.85. The van der Waals surface area contributed by atoms with E-state index in [2.05, 4.69) is 5.32 Å². The van der Waals surface area contributed by atoms with Gasteiger partial charge >= 0.3 is 0 Å². The van der Waals surface area contributed by atoms with Gasteiger partial charge in [0.25, 0.3) is 0 Å². The maximum atomic E-state index is 6.04. The van der Waals surface area contributed by atoms with Crippen molar-refractivity contribution < 1.29 is 9.47 Å². The minimum Gasteiger partial charge on any atom is -0.382 e. The zero-order chi connectivity index (χ0) is 12.3. The van der Waals surface area contributed by atoms with Crippen LogP contribution in [0.15, 0.2) is 24.3 Å². The smallest absolute Gasteiger partial charge is 0.0700 e. The number of hydrogen-bond donors (Lipinski definition) is 1. The molecule has 0 aliphatic carbocycles. The molecule has 1 rings (SSSR count). The van der Waals surface area contributed by atoms with E-state index in [9.17, 15) is 0 Å².